The van der Waals surface area contributed by atoms with Crippen LogP contribution in [0.3, 0.4) is 0 Å². The van der Waals surface area contributed by atoms with Crippen LogP contribution in [0.5, 0.6) is 0 Å². The molecule has 10 heteroatoms. The molecule has 0 radical (unpaired) electrons. The predicted molar refractivity (Wildman–Crippen MR) is 124 cm³/mol. The van der Waals surface area contributed by atoms with Gasteiger partial charge in [0.1, 0.15) is 0 Å². The lowest BCUT2D eigenvalue weighted by molar-refractivity contribution is 0.0950. The van der Waals surface area contributed by atoms with Crippen LogP contribution in [0.25, 0.3) is 0 Å². The van der Waals surface area contributed by atoms with Crippen LogP contribution in [0.4, 0.5) is 14.5 Å². The number of amides is 1. The average molecular weight is 484 g/mol. The van der Waals surface area contributed by atoms with Crippen molar-refractivity contribution in [3.05, 3.63) is 59.7 Å². The maximum absolute atomic E-state index is 12.7. The molecule has 0 bridgehead atoms. The van der Waals surface area contributed by atoms with Crippen LogP contribution >= 0.6 is 11.8 Å². The number of anilines is 1. The summed E-state index contributed by atoms with van der Waals surface area (Å²) in [4.78, 5) is 14.7. The molecule has 1 heterocycles. The summed E-state index contributed by atoms with van der Waals surface area (Å²) >= 11 is 0.314. The second-order valence-corrected chi connectivity index (χ2v) is 10.6. The number of nitrogens with zero attached hydrogens (tertiary/aromatic N) is 2. The molecule has 0 saturated carbocycles. The number of hydrogen-bond donors (Lipinski definition) is 1. The number of thioether (sulfide) groups is 1. The molecule has 0 atom stereocenters. The molecule has 174 valence electrons. The minimum absolute atomic E-state index is 0.0782. The van der Waals surface area contributed by atoms with Crippen molar-refractivity contribution in [2.75, 3.05) is 43.4 Å². The maximum atomic E-state index is 12.7. The highest BCUT2D eigenvalue weighted by molar-refractivity contribution is 7.99. The van der Waals surface area contributed by atoms with Crippen molar-refractivity contribution in [2.24, 2.45) is 0 Å². The molecule has 3 rings (SSSR count). The number of piperazine rings is 1. The molecule has 1 N–H and O–H groups in total. The van der Waals surface area contributed by atoms with Gasteiger partial charge in [-0.25, -0.2) is 8.42 Å². The molecule has 1 saturated heterocycles. The number of carbonyl (C=O) groups is 1. The molecule has 0 aliphatic carbocycles. The number of benzene rings is 2. The third kappa shape index (κ3) is 6.66. The van der Waals surface area contributed by atoms with Crippen LogP contribution in [0, 0.1) is 6.92 Å². The van der Waals surface area contributed by atoms with Gasteiger partial charge in [0.25, 0.3) is 11.7 Å². The average Bonchev–Trinajstić information content (AvgIpc) is 2.77. The molecule has 2 aromatic carbocycles. The van der Waals surface area contributed by atoms with Crippen LogP contribution in [-0.4, -0.2) is 62.9 Å². The number of sulfonamides is 1. The Morgan fingerprint density at radius 2 is 1.81 bits per heavy atom. The second-order valence-electron chi connectivity index (χ2n) is 7.53. The predicted octanol–water partition coefficient (Wildman–Crippen LogP) is 3.58. The van der Waals surface area contributed by atoms with Gasteiger partial charge < -0.3 is 10.2 Å². The fraction of sp³-hybridized carbons (Fsp3) is 0.409. The van der Waals surface area contributed by atoms with Gasteiger partial charge in [-0.15, -0.1) is 0 Å². The summed E-state index contributed by atoms with van der Waals surface area (Å²) in [5.41, 5.74) is 2.41. The number of hydrogen-bond acceptors (Lipinski definition) is 5. The third-order valence-electron chi connectivity index (χ3n) is 5.21. The van der Waals surface area contributed by atoms with E-state index >= 15 is 0 Å². The molecule has 32 heavy (non-hydrogen) atoms. The van der Waals surface area contributed by atoms with Gasteiger partial charge in [-0.3, -0.25) is 4.79 Å². The number of carbonyl (C=O) groups excluding carboxylic acids is 1. The first-order chi connectivity index (χ1) is 15.3. The number of rotatable bonds is 9. The fourth-order valence-electron chi connectivity index (χ4n) is 3.58. The summed E-state index contributed by atoms with van der Waals surface area (Å²) in [6.45, 7) is 4.26. The second kappa shape index (κ2) is 11.1. The standard InChI is InChI=1S/C22H27F2N3O3S2/c1-17-6-4-7-18(16-17)26-11-13-27(14-12-26)32(29,30)15-5-10-25-21(28)19-8-2-3-9-20(19)31-22(23)24/h2-4,6-9,16,22H,5,10-15H2,1H3,(H,25,28). The van der Waals surface area contributed by atoms with Gasteiger partial charge >= 0.3 is 0 Å². The van der Waals surface area contributed by atoms with Crippen LogP contribution in [0.2, 0.25) is 0 Å². The SMILES string of the molecule is Cc1cccc(N2CCN(S(=O)(=O)CCCNC(=O)c3ccccc3SC(F)F)CC2)c1. The zero-order valence-electron chi connectivity index (χ0n) is 17.8. The first-order valence-electron chi connectivity index (χ1n) is 10.4. The van der Waals surface area contributed by atoms with E-state index in [1.165, 1.54) is 16.4 Å². The summed E-state index contributed by atoms with van der Waals surface area (Å²) in [6, 6.07) is 14.3. The molecule has 0 aromatic heterocycles. The molecule has 1 fully saturated rings. The topological polar surface area (TPSA) is 69.7 Å². The van der Waals surface area contributed by atoms with Gasteiger partial charge in [-0.1, -0.05) is 36.0 Å². The molecule has 6 nitrogen and oxygen atoms in total. The number of aryl methyl sites for hydroxylation is 1. The Bertz CT molecular complexity index is 1030. The molecule has 2 aromatic rings. The molecule has 0 spiro atoms. The van der Waals surface area contributed by atoms with Crippen molar-refractivity contribution < 1.29 is 22.0 Å². The van der Waals surface area contributed by atoms with E-state index in [1.807, 2.05) is 25.1 Å². The fourth-order valence-corrected chi connectivity index (χ4v) is 5.71. The lowest BCUT2D eigenvalue weighted by Gasteiger charge is -2.35. The Labute approximate surface area is 192 Å². The Kier molecular flexibility index (Phi) is 8.50. The smallest absolute Gasteiger partial charge is 0.288 e. The zero-order valence-corrected chi connectivity index (χ0v) is 19.5. The van der Waals surface area contributed by atoms with Gasteiger partial charge in [0, 0.05) is 43.3 Å². The van der Waals surface area contributed by atoms with Crippen molar-refractivity contribution in [3.63, 3.8) is 0 Å². The highest BCUT2D eigenvalue weighted by Gasteiger charge is 2.26. The van der Waals surface area contributed by atoms with Crippen molar-refractivity contribution in [3.8, 4) is 0 Å². The molecular weight excluding hydrogens is 456 g/mol. The highest BCUT2D eigenvalue weighted by atomic mass is 32.2. The monoisotopic (exact) mass is 483 g/mol. The largest absolute Gasteiger partial charge is 0.369 e. The van der Waals surface area contributed by atoms with E-state index in [4.69, 9.17) is 0 Å². The van der Waals surface area contributed by atoms with Crippen molar-refractivity contribution in [1.29, 1.82) is 0 Å². The molecular formula is C22H27F2N3O3S2. The normalized spacial score (nSPS) is 15.2. The third-order valence-corrected chi connectivity index (χ3v) is 7.96. The Morgan fingerprint density at radius 3 is 2.50 bits per heavy atom. The first-order valence-corrected chi connectivity index (χ1v) is 12.9. The van der Waals surface area contributed by atoms with E-state index < -0.39 is 21.7 Å². The number of halogens is 2. The minimum Gasteiger partial charge on any atom is -0.369 e. The molecule has 1 aliphatic heterocycles. The molecule has 1 aliphatic rings. The van der Waals surface area contributed by atoms with Crippen LogP contribution < -0.4 is 10.2 Å². The molecule has 0 unspecified atom stereocenters. The van der Waals surface area contributed by atoms with Crippen molar-refractivity contribution in [2.45, 2.75) is 24.0 Å². The van der Waals surface area contributed by atoms with Gasteiger partial charge in [0.15, 0.2) is 0 Å². The van der Waals surface area contributed by atoms with E-state index in [9.17, 15) is 22.0 Å². The van der Waals surface area contributed by atoms with Crippen molar-refractivity contribution in [1.82, 2.24) is 9.62 Å². The highest BCUT2D eigenvalue weighted by Crippen LogP contribution is 2.28. The Hall–Kier alpha value is -2.17. The van der Waals surface area contributed by atoms with Gasteiger partial charge in [-0.2, -0.15) is 13.1 Å². The van der Waals surface area contributed by atoms with E-state index in [-0.39, 0.29) is 29.2 Å². The van der Waals surface area contributed by atoms with Gasteiger partial charge in [0.05, 0.1) is 11.3 Å². The van der Waals surface area contributed by atoms with E-state index in [2.05, 4.69) is 16.3 Å². The lowest BCUT2D eigenvalue weighted by Crippen LogP contribution is -2.49. The minimum atomic E-state index is -3.43. The Morgan fingerprint density at radius 1 is 1.09 bits per heavy atom. The summed E-state index contributed by atoms with van der Waals surface area (Å²) in [5.74, 6) is -3.19. The van der Waals surface area contributed by atoms with Crippen LogP contribution in [-0.2, 0) is 10.0 Å². The van der Waals surface area contributed by atoms with Crippen LogP contribution in [0.1, 0.15) is 22.3 Å². The summed E-state index contributed by atoms with van der Waals surface area (Å²) in [6.07, 6.45) is 0.246. The van der Waals surface area contributed by atoms with E-state index in [0.717, 1.165) is 11.3 Å². The van der Waals surface area contributed by atoms with Gasteiger partial charge in [0.2, 0.25) is 10.0 Å². The maximum Gasteiger partial charge on any atom is 0.288 e. The van der Waals surface area contributed by atoms with E-state index in [1.54, 1.807) is 12.1 Å². The Balaban J connectivity index is 1.46. The van der Waals surface area contributed by atoms with Crippen LogP contribution in [0.15, 0.2) is 53.4 Å². The summed E-state index contributed by atoms with van der Waals surface area (Å²) in [7, 11) is -3.43. The quantitative estimate of drug-likeness (QED) is 0.436. The number of alkyl halides is 2. The summed E-state index contributed by atoms with van der Waals surface area (Å²) in [5, 5.41) is 2.63. The van der Waals surface area contributed by atoms with E-state index in [0.29, 0.717) is 37.9 Å². The van der Waals surface area contributed by atoms with Crippen molar-refractivity contribution >= 4 is 33.4 Å². The lowest BCUT2D eigenvalue weighted by atomic mass is 10.2. The first kappa shape index (κ1) is 24.5. The van der Waals surface area contributed by atoms with Gasteiger partial charge in [-0.05, 0) is 43.2 Å². The molecule has 1 amide bonds. The summed E-state index contributed by atoms with van der Waals surface area (Å²) < 4.78 is 52.2. The number of nitrogens with one attached hydrogen (secondary N) is 1. The zero-order chi connectivity index (χ0) is 23.1.